The maximum absolute atomic E-state index is 11.3. The van der Waals surface area contributed by atoms with E-state index in [4.69, 9.17) is 0 Å². The number of fused-ring (bicyclic) bond motifs is 1. The first-order valence-corrected chi connectivity index (χ1v) is 8.37. The number of nitro benzene ring substituents is 1. The van der Waals surface area contributed by atoms with E-state index >= 15 is 0 Å². The first-order chi connectivity index (χ1) is 9.91. The van der Waals surface area contributed by atoms with Gasteiger partial charge in [-0.25, -0.2) is 16.8 Å². The molecule has 0 heterocycles. The number of rotatable bonds is 3. The Labute approximate surface area is 222 Å². The Morgan fingerprint density at radius 2 is 1.25 bits per heavy atom. The molecule has 0 saturated carbocycles. The van der Waals surface area contributed by atoms with Crippen LogP contribution in [-0.2, 0) is 20.2 Å². The van der Waals surface area contributed by atoms with Gasteiger partial charge in [-0.3, -0.25) is 10.1 Å². The summed E-state index contributed by atoms with van der Waals surface area (Å²) < 4.78 is 67.7. The number of nitro groups is 1. The van der Waals surface area contributed by atoms with Crippen LogP contribution in [0.1, 0.15) is 5.56 Å². The molecule has 2 aromatic carbocycles. The fraction of sp³-hybridized carbons (Fsp3) is 0.0909. The maximum atomic E-state index is 11.3. The van der Waals surface area contributed by atoms with Crippen LogP contribution >= 0.6 is 0 Å². The molecule has 0 saturated heterocycles. The van der Waals surface area contributed by atoms with E-state index < -0.39 is 46.0 Å². The van der Waals surface area contributed by atoms with Gasteiger partial charge < -0.3 is 9.11 Å². The van der Waals surface area contributed by atoms with Crippen LogP contribution in [0.5, 0.6) is 0 Å². The smallest absolute Gasteiger partial charge is 0.744 e. The molecule has 0 aliphatic heterocycles. The van der Waals surface area contributed by atoms with E-state index in [0.29, 0.717) is 6.07 Å². The van der Waals surface area contributed by atoms with E-state index in [9.17, 15) is 36.1 Å². The fourth-order valence-corrected chi connectivity index (χ4v) is 3.51. The van der Waals surface area contributed by atoms with E-state index in [1.165, 1.54) is 13.0 Å². The van der Waals surface area contributed by atoms with E-state index in [0.717, 1.165) is 12.1 Å². The Balaban J connectivity index is 0.00000264. The zero-order valence-corrected chi connectivity index (χ0v) is 20.7. The number of benzene rings is 2. The summed E-state index contributed by atoms with van der Waals surface area (Å²) in [6.07, 6.45) is 0. The minimum atomic E-state index is -5.12. The number of aryl methyl sites for hydroxylation is 1. The summed E-state index contributed by atoms with van der Waals surface area (Å²) in [5.74, 6) is 0. The Hall–Kier alpha value is 1.19. The molecule has 0 fully saturated rings. The molecule has 0 amide bonds. The molecule has 0 unspecified atom stereocenters. The average molecular weight is 424 g/mol. The Morgan fingerprint density at radius 1 is 0.833 bits per heavy atom. The minimum absolute atomic E-state index is 0. The van der Waals surface area contributed by atoms with Crippen molar-refractivity contribution in [3.8, 4) is 0 Å². The van der Waals surface area contributed by atoms with Crippen LogP contribution in [0.15, 0.2) is 34.1 Å². The van der Waals surface area contributed by atoms with Gasteiger partial charge in [0.15, 0.2) is 0 Å². The number of hydrogen-bond donors (Lipinski definition) is 0. The topological polar surface area (TPSA) is 158 Å². The second-order valence-electron chi connectivity index (χ2n) is 4.47. The number of nitrogens with zero attached hydrogens (tertiary/aromatic N) is 1. The summed E-state index contributed by atoms with van der Waals surface area (Å²) in [5.41, 5.74) is -0.601. The van der Waals surface area contributed by atoms with Gasteiger partial charge in [0.05, 0.1) is 14.7 Å². The summed E-state index contributed by atoms with van der Waals surface area (Å²) in [6.45, 7) is 1.39. The van der Waals surface area contributed by atoms with Gasteiger partial charge in [0.2, 0.25) is 0 Å². The van der Waals surface area contributed by atoms with Crippen LogP contribution in [0, 0.1) is 17.0 Å². The normalized spacial score (nSPS) is 11.5. The van der Waals surface area contributed by atoms with Crippen molar-refractivity contribution in [3.63, 3.8) is 0 Å². The standard InChI is InChI=1S/C11H9NO8S2.2K/c1-6-2-8-9(10(3-6)21(15,16)17)4-7(12(13)14)5-11(8)22(18,19)20;;/h2-5H,1H3,(H,15,16,17)(H,18,19,20);;/q;2*+1/p-2. The van der Waals surface area contributed by atoms with Gasteiger partial charge in [-0.1, -0.05) is 6.07 Å². The van der Waals surface area contributed by atoms with Crippen molar-refractivity contribution in [2.45, 2.75) is 16.7 Å². The van der Waals surface area contributed by atoms with Gasteiger partial charge in [0, 0.05) is 22.9 Å². The summed E-state index contributed by atoms with van der Waals surface area (Å²) in [5, 5.41) is 10.00. The predicted molar refractivity (Wildman–Crippen MR) is 71.3 cm³/mol. The zero-order valence-electron chi connectivity index (χ0n) is 12.8. The second kappa shape index (κ2) is 8.92. The molecule has 2 rings (SSSR count). The molecule has 0 bridgehead atoms. The first-order valence-electron chi connectivity index (χ1n) is 5.56. The summed E-state index contributed by atoms with van der Waals surface area (Å²) in [6, 6.07) is 3.40. The van der Waals surface area contributed by atoms with Crippen molar-refractivity contribution in [1.29, 1.82) is 0 Å². The molecule has 0 atom stereocenters. The molecule has 118 valence electrons. The summed E-state index contributed by atoms with van der Waals surface area (Å²) in [7, 11) is -10.1. The van der Waals surface area contributed by atoms with Crippen LogP contribution in [0.2, 0.25) is 0 Å². The zero-order chi connectivity index (χ0) is 16.9. The Morgan fingerprint density at radius 3 is 1.67 bits per heavy atom. The minimum Gasteiger partial charge on any atom is -0.744 e. The van der Waals surface area contributed by atoms with Gasteiger partial charge in [0.25, 0.3) is 5.69 Å². The molecule has 13 heteroatoms. The monoisotopic (exact) mass is 423 g/mol. The van der Waals surface area contributed by atoms with E-state index in [1.807, 2.05) is 0 Å². The Bertz CT molecular complexity index is 1020. The maximum Gasteiger partial charge on any atom is 1.00 e. The molecule has 0 spiro atoms. The molecule has 0 N–H and O–H groups in total. The van der Waals surface area contributed by atoms with Gasteiger partial charge in [-0.05, 0) is 18.6 Å². The molecule has 0 aromatic heterocycles. The molecule has 24 heavy (non-hydrogen) atoms. The Kier molecular flexibility index (Phi) is 9.36. The van der Waals surface area contributed by atoms with Gasteiger partial charge in [-0.2, -0.15) is 0 Å². The SMILES string of the molecule is Cc1cc(S(=O)(=O)[O-])c2cc([N+](=O)[O-])cc(S(=O)(=O)[O-])c2c1.[K+].[K+]. The van der Waals surface area contributed by atoms with E-state index in [2.05, 4.69) is 0 Å². The van der Waals surface area contributed by atoms with Crippen LogP contribution in [0.4, 0.5) is 5.69 Å². The largest absolute Gasteiger partial charge is 1.00 e. The van der Waals surface area contributed by atoms with Gasteiger partial charge in [-0.15, -0.1) is 0 Å². The molecular formula is C11H7K2NO8S2. The number of non-ortho nitro benzene ring substituents is 1. The second-order valence-corrected chi connectivity index (χ2v) is 7.16. The van der Waals surface area contributed by atoms with Crippen molar-refractivity contribution in [3.05, 3.63) is 39.9 Å². The first kappa shape index (κ1) is 25.2. The average Bonchev–Trinajstić information content (AvgIpc) is 2.33. The van der Waals surface area contributed by atoms with Crippen molar-refractivity contribution >= 4 is 36.7 Å². The van der Waals surface area contributed by atoms with Crippen molar-refractivity contribution < 1.29 is 134 Å². The summed E-state index contributed by atoms with van der Waals surface area (Å²) in [4.78, 5) is 8.07. The van der Waals surface area contributed by atoms with Gasteiger partial charge in [0.1, 0.15) is 20.2 Å². The van der Waals surface area contributed by atoms with Crippen molar-refractivity contribution in [1.82, 2.24) is 0 Å². The molecular weight excluding hydrogens is 416 g/mol. The molecule has 0 aliphatic rings. The number of hydrogen-bond acceptors (Lipinski definition) is 8. The quantitative estimate of drug-likeness (QED) is 0.205. The van der Waals surface area contributed by atoms with Crippen LogP contribution in [0.3, 0.4) is 0 Å². The van der Waals surface area contributed by atoms with Crippen molar-refractivity contribution in [2.75, 3.05) is 0 Å². The third-order valence-corrected chi connectivity index (χ3v) is 4.63. The van der Waals surface area contributed by atoms with Gasteiger partial charge >= 0.3 is 103 Å². The molecule has 2 aromatic rings. The van der Waals surface area contributed by atoms with Crippen molar-refractivity contribution in [2.24, 2.45) is 0 Å². The third kappa shape index (κ3) is 5.59. The van der Waals surface area contributed by atoms with Crippen LogP contribution in [0.25, 0.3) is 10.8 Å². The molecule has 0 aliphatic carbocycles. The van der Waals surface area contributed by atoms with E-state index in [-0.39, 0.29) is 114 Å². The third-order valence-electron chi connectivity index (χ3n) is 2.87. The predicted octanol–water partition coefficient (Wildman–Crippen LogP) is -5.13. The summed E-state index contributed by atoms with van der Waals surface area (Å²) >= 11 is 0. The fourth-order valence-electron chi connectivity index (χ4n) is 2.04. The van der Waals surface area contributed by atoms with Crippen LogP contribution < -0.4 is 103 Å². The molecule has 9 nitrogen and oxygen atoms in total. The van der Waals surface area contributed by atoms with Crippen LogP contribution in [-0.4, -0.2) is 30.9 Å². The molecule has 0 radical (unpaired) electrons. The van der Waals surface area contributed by atoms with E-state index in [1.54, 1.807) is 0 Å².